The number of hydrogen-bond donors (Lipinski definition) is 1. The van der Waals surface area contributed by atoms with Crippen molar-refractivity contribution in [3.05, 3.63) is 52.8 Å². The highest BCUT2D eigenvalue weighted by atomic mass is 35.5. The summed E-state index contributed by atoms with van der Waals surface area (Å²) in [4.78, 5) is 42.2. The fourth-order valence-electron chi connectivity index (χ4n) is 4.04. The van der Waals surface area contributed by atoms with Crippen LogP contribution in [-0.2, 0) is 4.79 Å². The van der Waals surface area contributed by atoms with Crippen molar-refractivity contribution in [2.45, 2.75) is 29.8 Å². The number of carbonyl (C=O) groups is 3. The molecule has 1 N–H and O–H groups in total. The monoisotopic (exact) mass is 477 g/mol. The third kappa shape index (κ3) is 4.02. The number of nitrogens with one attached hydrogen (secondary N) is 1. The van der Waals surface area contributed by atoms with E-state index in [4.69, 9.17) is 16.3 Å². The Morgan fingerprint density at radius 3 is 2.72 bits per heavy atom. The van der Waals surface area contributed by atoms with Crippen LogP contribution in [0.1, 0.15) is 23.2 Å². The second kappa shape index (κ2) is 8.99. The van der Waals surface area contributed by atoms with Gasteiger partial charge >= 0.3 is 6.03 Å². The Labute approximate surface area is 193 Å². The van der Waals surface area contributed by atoms with Gasteiger partial charge in [0, 0.05) is 17.5 Å². The van der Waals surface area contributed by atoms with Crippen molar-refractivity contribution in [2.24, 2.45) is 0 Å². The number of urea groups is 1. The number of carbonyl (C=O) groups excluding carboxylic acids is 3. The number of thioether (sulfide) groups is 1. The third-order valence-corrected chi connectivity index (χ3v) is 6.71. The van der Waals surface area contributed by atoms with Crippen LogP contribution in [0, 0.1) is 5.82 Å². The first-order valence-electron chi connectivity index (χ1n) is 9.96. The number of amides is 4. The van der Waals surface area contributed by atoms with E-state index in [1.165, 1.54) is 24.1 Å². The minimum Gasteiger partial charge on any atom is -0.496 e. The lowest BCUT2D eigenvalue weighted by Crippen LogP contribution is -2.49. The topological polar surface area (TPSA) is 79.0 Å². The molecule has 0 radical (unpaired) electrons. The predicted molar refractivity (Wildman–Crippen MR) is 120 cm³/mol. The van der Waals surface area contributed by atoms with Gasteiger partial charge in [-0.2, -0.15) is 0 Å². The van der Waals surface area contributed by atoms with E-state index < -0.39 is 23.8 Å². The molecule has 2 aromatic carbocycles. The van der Waals surface area contributed by atoms with E-state index in [-0.39, 0.29) is 29.1 Å². The molecule has 0 aliphatic carbocycles. The number of anilines is 1. The quantitative estimate of drug-likeness (QED) is 0.521. The average molecular weight is 478 g/mol. The van der Waals surface area contributed by atoms with Crippen LogP contribution in [-0.4, -0.2) is 54.7 Å². The minimum atomic E-state index is -0.703. The zero-order chi connectivity index (χ0) is 23.0. The Kier molecular flexibility index (Phi) is 6.30. The lowest BCUT2D eigenvalue weighted by molar-refractivity contribution is -0.120. The van der Waals surface area contributed by atoms with Gasteiger partial charge in [-0.3, -0.25) is 9.59 Å². The van der Waals surface area contributed by atoms with Crippen molar-refractivity contribution >= 4 is 46.9 Å². The van der Waals surface area contributed by atoms with Crippen LogP contribution >= 0.6 is 23.4 Å². The summed E-state index contributed by atoms with van der Waals surface area (Å²) in [5.74, 6) is -0.875. The van der Waals surface area contributed by atoms with Crippen LogP contribution in [0.4, 0.5) is 14.9 Å². The fraction of sp³-hybridized carbons (Fsp3) is 0.318. The first kappa shape index (κ1) is 22.4. The van der Waals surface area contributed by atoms with Crippen molar-refractivity contribution in [3.63, 3.8) is 0 Å². The number of piperidine rings is 1. The van der Waals surface area contributed by atoms with Crippen LogP contribution in [0.25, 0.3) is 0 Å². The number of benzene rings is 2. The smallest absolute Gasteiger partial charge is 0.332 e. The first-order chi connectivity index (χ1) is 15.3. The minimum absolute atomic E-state index is 0.167. The summed E-state index contributed by atoms with van der Waals surface area (Å²) in [6.45, 7) is 0.314. The molecule has 2 aromatic rings. The van der Waals surface area contributed by atoms with Gasteiger partial charge in [-0.15, -0.1) is 11.8 Å². The number of nitrogens with zero attached hydrogens (tertiary/aromatic N) is 2. The number of methoxy groups -OCH3 is 1. The van der Waals surface area contributed by atoms with Crippen LogP contribution in [0.15, 0.2) is 41.3 Å². The van der Waals surface area contributed by atoms with E-state index in [2.05, 4.69) is 5.32 Å². The molecule has 2 unspecified atom stereocenters. The van der Waals surface area contributed by atoms with Gasteiger partial charge in [-0.25, -0.2) is 14.1 Å². The largest absolute Gasteiger partial charge is 0.496 e. The van der Waals surface area contributed by atoms with Crippen molar-refractivity contribution in [1.29, 1.82) is 0 Å². The molecule has 0 aromatic heterocycles. The molecule has 7 nitrogen and oxygen atoms in total. The summed E-state index contributed by atoms with van der Waals surface area (Å²) in [6, 6.07) is 7.61. The predicted octanol–water partition coefficient (Wildman–Crippen LogP) is 3.94. The maximum absolute atomic E-state index is 13.5. The standard InChI is InChI=1S/C22H21ClFN3O4S/c1-31-19-11-14(32-2)4-5-15(19)20(28)25-12-7-8-26-18(9-12)21(29)27(22(26)30)13-3-6-17(24)16(23)10-13/h3-6,10-12,18H,7-9H2,1-2H3,(H,25,28). The van der Waals surface area contributed by atoms with Gasteiger partial charge in [-0.1, -0.05) is 11.6 Å². The first-order valence-corrected chi connectivity index (χ1v) is 11.6. The van der Waals surface area contributed by atoms with E-state index in [9.17, 15) is 18.8 Å². The van der Waals surface area contributed by atoms with E-state index in [1.807, 2.05) is 12.3 Å². The molecular formula is C22H21ClFN3O4S. The molecule has 2 atom stereocenters. The number of halogens is 2. The summed E-state index contributed by atoms with van der Waals surface area (Å²) in [5.41, 5.74) is 0.629. The number of imide groups is 1. The van der Waals surface area contributed by atoms with E-state index in [0.29, 0.717) is 24.3 Å². The molecule has 2 aliphatic heterocycles. The van der Waals surface area contributed by atoms with Gasteiger partial charge in [0.2, 0.25) is 0 Å². The van der Waals surface area contributed by atoms with Gasteiger partial charge in [0.1, 0.15) is 17.6 Å². The number of rotatable bonds is 5. The Morgan fingerprint density at radius 2 is 2.03 bits per heavy atom. The molecule has 32 heavy (non-hydrogen) atoms. The summed E-state index contributed by atoms with van der Waals surface area (Å²) in [6.07, 6.45) is 2.73. The number of ether oxygens (including phenoxy) is 1. The lowest BCUT2D eigenvalue weighted by Gasteiger charge is -2.32. The van der Waals surface area contributed by atoms with Crippen LogP contribution < -0.4 is 15.0 Å². The second-order valence-corrected chi connectivity index (χ2v) is 8.81. The van der Waals surface area contributed by atoms with E-state index in [1.54, 1.807) is 23.9 Å². The third-order valence-electron chi connectivity index (χ3n) is 5.69. The Morgan fingerprint density at radius 1 is 1.25 bits per heavy atom. The SMILES string of the molecule is COc1cc(SC)ccc1C(=O)NC1CCN2C(=O)N(c3ccc(F)c(Cl)c3)C(=O)C2C1. The molecule has 4 amide bonds. The van der Waals surface area contributed by atoms with Gasteiger partial charge in [0.15, 0.2) is 0 Å². The van der Waals surface area contributed by atoms with Gasteiger partial charge in [0.25, 0.3) is 11.8 Å². The van der Waals surface area contributed by atoms with Gasteiger partial charge in [0.05, 0.1) is 23.4 Å². The molecular weight excluding hydrogens is 457 g/mol. The number of hydrogen-bond acceptors (Lipinski definition) is 5. The Hall–Kier alpha value is -2.78. The summed E-state index contributed by atoms with van der Waals surface area (Å²) in [5, 5.41) is 2.79. The maximum atomic E-state index is 13.5. The highest BCUT2D eigenvalue weighted by Crippen LogP contribution is 2.33. The fourth-order valence-corrected chi connectivity index (χ4v) is 4.65. The van der Waals surface area contributed by atoms with Crippen molar-refractivity contribution in [2.75, 3.05) is 24.8 Å². The Bertz CT molecular complexity index is 1100. The normalized spacial score (nSPS) is 20.4. The molecule has 2 heterocycles. The molecule has 2 aliphatic rings. The van der Waals surface area contributed by atoms with Crippen molar-refractivity contribution in [3.8, 4) is 5.75 Å². The van der Waals surface area contributed by atoms with Gasteiger partial charge < -0.3 is 15.0 Å². The molecule has 4 rings (SSSR count). The summed E-state index contributed by atoms with van der Waals surface area (Å²) < 4.78 is 18.9. The summed E-state index contributed by atoms with van der Waals surface area (Å²) in [7, 11) is 1.51. The average Bonchev–Trinajstić information content (AvgIpc) is 3.04. The molecule has 0 bridgehead atoms. The zero-order valence-corrected chi connectivity index (χ0v) is 19.0. The molecule has 0 saturated carbocycles. The molecule has 168 valence electrons. The Balaban J connectivity index is 1.49. The van der Waals surface area contributed by atoms with Crippen molar-refractivity contribution in [1.82, 2.24) is 10.2 Å². The molecule has 2 saturated heterocycles. The van der Waals surface area contributed by atoms with Crippen LogP contribution in [0.3, 0.4) is 0 Å². The highest BCUT2D eigenvalue weighted by molar-refractivity contribution is 7.98. The highest BCUT2D eigenvalue weighted by Gasteiger charge is 2.48. The van der Waals surface area contributed by atoms with Crippen molar-refractivity contribution < 1.29 is 23.5 Å². The van der Waals surface area contributed by atoms with Crippen LogP contribution in [0.2, 0.25) is 5.02 Å². The zero-order valence-electron chi connectivity index (χ0n) is 17.4. The summed E-state index contributed by atoms with van der Waals surface area (Å²) >= 11 is 7.37. The lowest BCUT2D eigenvalue weighted by atomic mass is 9.97. The second-order valence-electron chi connectivity index (χ2n) is 7.52. The molecule has 0 spiro atoms. The maximum Gasteiger partial charge on any atom is 0.332 e. The van der Waals surface area contributed by atoms with Crippen LogP contribution in [0.5, 0.6) is 5.75 Å². The molecule has 10 heteroatoms. The molecule has 2 fully saturated rings. The van der Waals surface area contributed by atoms with E-state index in [0.717, 1.165) is 15.9 Å². The number of fused-ring (bicyclic) bond motifs is 1. The van der Waals surface area contributed by atoms with Gasteiger partial charge in [-0.05, 0) is 55.5 Å². The van der Waals surface area contributed by atoms with E-state index >= 15 is 0 Å².